The fourth-order valence-electron chi connectivity index (χ4n) is 2.50. The molecule has 1 aromatic heterocycles. The van der Waals surface area contributed by atoms with Gasteiger partial charge >= 0.3 is 0 Å². The number of hydrogen-bond acceptors (Lipinski definition) is 4. The third kappa shape index (κ3) is 1.33. The van der Waals surface area contributed by atoms with E-state index < -0.39 is 0 Å². The number of fused-ring (bicyclic) bond motifs is 3. The molecule has 0 unspecified atom stereocenters. The van der Waals surface area contributed by atoms with Crippen LogP contribution in [-0.2, 0) is 13.6 Å². The van der Waals surface area contributed by atoms with Crippen LogP contribution in [0.5, 0.6) is 0 Å². The molecular weight excluding hydrogens is 228 g/mol. The Hall–Kier alpha value is -2.30. The van der Waals surface area contributed by atoms with Gasteiger partial charge in [0.25, 0.3) is 5.56 Å². The Balaban J connectivity index is 2.42. The average molecular weight is 242 g/mol. The van der Waals surface area contributed by atoms with Crippen molar-refractivity contribution in [3.8, 4) is 11.1 Å². The fraction of sp³-hybridized carbons (Fsp3) is 0.231. The number of para-hydroxylation sites is 1. The molecule has 1 aliphatic heterocycles. The summed E-state index contributed by atoms with van der Waals surface area (Å²) in [5.41, 5.74) is 10.1. The Morgan fingerprint density at radius 3 is 2.89 bits per heavy atom. The molecule has 1 aromatic carbocycles. The van der Waals surface area contributed by atoms with Crippen LogP contribution in [0.4, 0.5) is 11.4 Å². The van der Waals surface area contributed by atoms with Crippen LogP contribution in [0.1, 0.15) is 5.56 Å². The number of hydrogen-bond donors (Lipinski definition) is 1. The monoisotopic (exact) mass is 242 g/mol. The van der Waals surface area contributed by atoms with E-state index in [1.807, 2.05) is 30.1 Å². The van der Waals surface area contributed by atoms with Crippen LogP contribution in [0, 0.1) is 0 Å². The van der Waals surface area contributed by atoms with Crippen molar-refractivity contribution in [2.75, 3.05) is 17.7 Å². The first-order chi connectivity index (χ1) is 8.59. The molecule has 2 aromatic rings. The van der Waals surface area contributed by atoms with Crippen molar-refractivity contribution in [3.05, 3.63) is 40.3 Å². The maximum Gasteiger partial charge on any atom is 0.274 e. The van der Waals surface area contributed by atoms with Gasteiger partial charge in [-0.1, -0.05) is 12.1 Å². The number of aromatic nitrogens is 2. The lowest BCUT2D eigenvalue weighted by molar-refractivity contribution is 0.697. The molecule has 0 atom stereocenters. The molecule has 0 bridgehead atoms. The lowest BCUT2D eigenvalue weighted by Gasteiger charge is -2.30. The largest absolute Gasteiger partial charge is 0.397 e. The maximum absolute atomic E-state index is 12.2. The normalized spacial score (nSPS) is 13.1. The smallest absolute Gasteiger partial charge is 0.274 e. The van der Waals surface area contributed by atoms with Crippen LogP contribution in [0.2, 0.25) is 0 Å². The van der Waals surface area contributed by atoms with E-state index in [2.05, 4.69) is 5.10 Å². The van der Waals surface area contributed by atoms with E-state index >= 15 is 0 Å². The zero-order valence-electron chi connectivity index (χ0n) is 10.3. The Morgan fingerprint density at radius 2 is 2.11 bits per heavy atom. The van der Waals surface area contributed by atoms with Gasteiger partial charge in [-0.05, 0) is 6.07 Å². The molecular formula is C13H14N4O. The molecule has 0 radical (unpaired) electrons. The molecule has 5 nitrogen and oxygen atoms in total. The van der Waals surface area contributed by atoms with Gasteiger partial charge in [0.2, 0.25) is 0 Å². The summed E-state index contributed by atoms with van der Waals surface area (Å²) in [6, 6.07) is 5.66. The van der Waals surface area contributed by atoms with Crippen molar-refractivity contribution in [1.82, 2.24) is 9.78 Å². The summed E-state index contributed by atoms with van der Waals surface area (Å²) in [5, 5.41) is 4.07. The predicted molar refractivity (Wildman–Crippen MR) is 71.4 cm³/mol. The van der Waals surface area contributed by atoms with Crippen LogP contribution in [0.25, 0.3) is 11.1 Å². The van der Waals surface area contributed by atoms with Gasteiger partial charge < -0.3 is 10.6 Å². The van der Waals surface area contributed by atoms with E-state index in [9.17, 15) is 4.79 Å². The van der Waals surface area contributed by atoms with Crippen LogP contribution in [-0.4, -0.2) is 16.8 Å². The minimum absolute atomic E-state index is 0.0764. The van der Waals surface area contributed by atoms with Crippen LogP contribution >= 0.6 is 0 Å². The molecule has 0 spiro atoms. The molecule has 0 aliphatic carbocycles. The standard InChI is InChI=1S/C13H14N4O/c1-16-7-8-6-15-17(2)13(18)11(8)9-4-3-5-10(14)12(9)16/h3-6H,7,14H2,1-2H3. The minimum Gasteiger partial charge on any atom is -0.397 e. The second-order valence-electron chi connectivity index (χ2n) is 4.57. The van der Waals surface area contributed by atoms with E-state index in [1.54, 1.807) is 13.2 Å². The van der Waals surface area contributed by atoms with E-state index in [4.69, 9.17) is 5.73 Å². The second-order valence-corrected chi connectivity index (χ2v) is 4.57. The highest BCUT2D eigenvalue weighted by atomic mass is 16.1. The number of anilines is 2. The molecule has 2 heterocycles. The molecule has 1 aliphatic rings. The summed E-state index contributed by atoms with van der Waals surface area (Å²) in [7, 11) is 3.63. The molecule has 0 saturated carbocycles. The third-order valence-corrected chi connectivity index (χ3v) is 3.34. The molecule has 0 saturated heterocycles. The Morgan fingerprint density at radius 1 is 1.33 bits per heavy atom. The van der Waals surface area contributed by atoms with Crippen molar-refractivity contribution in [2.45, 2.75) is 6.54 Å². The van der Waals surface area contributed by atoms with Crippen molar-refractivity contribution >= 4 is 11.4 Å². The fourth-order valence-corrected chi connectivity index (χ4v) is 2.50. The number of aryl methyl sites for hydroxylation is 1. The Labute approximate surface area is 104 Å². The number of benzene rings is 1. The molecule has 3 rings (SSSR count). The van der Waals surface area contributed by atoms with Crippen LogP contribution in [0.3, 0.4) is 0 Å². The summed E-state index contributed by atoms with van der Waals surface area (Å²) in [6.45, 7) is 0.652. The van der Waals surface area contributed by atoms with Gasteiger partial charge in [-0.3, -0.25) is 4.79 Å². The van der Waals surface area contributed by atoms with Gasteiger partial charge in [0.1, 0.15) is 0 Å². The van der Waals surface area contributed by atoms with E-state index in [0.29, 0.717) is 17.8 Å². The van der Waals surface area contributed by atoms with Crippen LogP contribution < -0.4 is 16.2 Å². The third-order valence-electron chi connectivity index (χ3n) is 3.34. The number of nitrogen functional groups attached to an aromatic ring is 1. The molecule has 0 fully saturated rings. The van der Waals surface area contributed by atoms with Crippen molar-refractivity contribution < 1.29 is 0 Å². The highest BCUT2D eigenvalue weighted by Crippen LogP contribution is 2.39. The van der Waals surface area contributed by atoms with Crippen molar-refractivity contribution in [3.63, 3.8) is 0 Å². The zero-order valence-corrected chi connectivity index (χ0v) is 10.3. The first-order valence-corrected chi connectivity index (χ1v) is 5.75. The van der Waals surface area contributed by atoms with Gasteiger partial charge in [0.15, 0.2) is 0 Å². The summed E-state index contributed by atoms with van der Waals surface area (Å²) in [5.74, 6) is 0. The number of nitrogens with two attached hydrogens (primary N) is 1. The van der Waals surface area contributed by atoms with Gasteiger partial charge in [-0.2, -0.15) is 5.10 Å². The summed E-state index contributed by atoms with van der Waals surface area (Å²) in [6.07, 6.45) is 1.75. The Bertz CT molecular complexity index is 690. The van der Waals surface area contributed by atoms with Crippen molar-refractivity contribution in [2.24, 2.45) is 7.05 Å². The molecule has 18 heavy (non-hydrogen) atoms. The lowest BCUT2D eigenvalue weighted by Crippen LogP contribution is -2.30. The van der Waals surface area contributed by atoms with Gasteiger partial charge in [-0.15, -0.1) is 0 Å². The van der Waals surface area contributed by atoms with Gasteiger partial charge in [0.05, 0.1) is 23.1 Å². The molecule has 92 valence electrons. The maximum atomic E-state index is 12.2. The highest BCUT2D eigenvalue weighted by Gasteiger charge is 2.24. The quantitative estimate of drug-likeness (QED) is 0.699. The Kier molecular flexibility index (Phi) is 2.16. The molecule has 5 heteroatoms. The summed E-state index contributed by atoms with van der Waals surface area (Å²) in [4.78, 5) is 14.3. The first kappa shape index (κ1) is 10.8. The van der Waals surface area contributed by atoms with E-state index in [0.717, 1.165) is 16.8 Å². The topological polar surface area (TPSA) is 64.2 Å². The van der Waals surface area contributed by atoms with Gasteiger partial charge in [-0.25, -0.2) is 4.68 Å². The summed E-state index contributed by atoms with van der Waals surface area (Å²) >= 11 is 0. The first-order valence-electron chi connectivity index (χ1n) is 5.75. The number of rotatable bonds is 0. The highest BCUT2D eigenvalue weighted by molar-refractivity contribution is 5.89. The van der Waals surface area contributed by atoms with Crippen molar-refractivity contribution in [1.29, 1.82) is 0 Å². The van der Waals surface area contributed by atoms with Gasteiger partial charge in [0, 0.05) is 31.8 Å². The average Bonchev–Trinajstić information content (AvgIpc) is 2.34. The predicted octanol–water partition coefficient (Wildman–Crippen LogP) is 0.979. The molecule has 2 N–H and O–H groups in total. The summed E-state index contributed by atoms with van der Waals surface area (Å²) < 4.78 is 1.36. The lowest BCUT2D eigenvalue weighted by atomic mass is 9.95. The number of nitrogens with zero attached hydrogens (tertiary/aromatic N) is 3. The van der Waals surface area contributed by atoms with E-state index in [-0.39, 0.29) is 5.56 Å². The molecule has 0 amide bonds. The second kappa shape index (κ2) is 3.60. The van der Waals surface area contributed by atoms with Crippen LogP contribution in [0.15, 0.2) is 29.2 Å². The SMILES string of the molecule is CN1Cc2cnn(C)c(=O)c2-c2cccc(N)c21. The minimum atomic E-state index is -0.0764. The van der Waals surface area contributed by atoms with E-state index in [1.165, 1.54) is 4.68 Å². The zero-order chi connectivity index (χ0) is 12.9.